The SMILES string of the molecule is CCOc1cccc2c1O[C@@H](c1cccs1)N1N=C(c3cccc(O)c3)C[C@H]21. The summed E-state index contributed by atoms with van der Waals surface area (Å²) in [5, 5.41) is 18.9. The summed E-state index contributed by atoms with van der Waals surface area (Å²) >= 11 is 1.66. The zero-order valence-electron chi connectivity index (χ0n) is 15.4. The minimum atomic E-state index is -0.297. The maximum absolute atomic E-state index is 9.88. The Hall–Kier alpha value is -2.99. The number of phenolic OH excluding ortho intramolecular Hbond substituents is 1. The number of ether oxygens (including phenoxy) is 2. The molecule has 6 heteroatoms. The van der Waals surface area contributed by atoms with Crippen LogP contribution < -0.4 is 9.47 Å². The summed E-state index contributed by atoms with van der Waals surface area (Å²) in [7, 11) is 0. The van der Waals surface area contributed by atoms with E-state index in [0.29, 0.717) is 6.61 Å². The topological polar surface area (TPSA) is 54.3 Å². The summed E-state index contributed by atoms with van der Waals surface area (Å²) in [4.78, 5) is 1.10. The fourth-order valence-corrected chi connectivity index (χ4v) is 4.58. The Morgan fingerprint density at radius 2 is 2.11 bits per heavy atom. The Kier molecular flexibility index (Phi) is 4.20. The highest BCUT2D eigenvalue weighted by atomic mass is 32.1. The molecule has 3 heterocycles. The molecule has 3 aromatic rings. The molecule has 5 rings (SSSR count). The van der Waals surface area contributed by atoms with E-state index in [4.69, 9.17) is 14.6 Å². The van der Waals surface area contributed by atoms with E-state index in [1.165, 1.54) is 0 Å². The summed E-state index contributed by atoms with van der Waals surface area (Å²) in [5.41, 5.74) is 2.96. The molecule has 0 saturated heterocycles. The third-order valence-electron chi connectivity index (χ3n) is 5.05. The molecule has 2 atom stereocenters. The van der Waals surface area contributed by atoms with Crippen LogP contribution in [-0.2, 0) is 0 Å². The van der Waals surface area contributed by atoms with Crippen molar-refractivity contribution in [3.05, 3.63) is 76.0 Å². The van der Waals surface area contributed by atoms with Crippen LogP contribution in [0.2, 0.25) is 0 Å². The molecular formula is C22H20N2O3S. The molecule has 0 radical (unpaired) electrons. The maximum Gasteiger partial charge on any atom is 0.223 e. The second-order valence-electron chi connectivity index (χ2n) is 6.79. The first-order valence-corrected chi connectivity index (χ1v) is 10.2. The van der Waals surface area contributed by atoms with Gasteiger partial charge in [-0.15, -0.1) is 11.3 Å². The largest absolute Gasteiger partial charge is 0.508 e. The van der Waals surface area contributed by atoms with Gasteiger partial charge < -0.3 is 14.6 Å². The second kappa shape index (κ2) is 6.87. The molecule has 5 nitrogen and oxygen atoms in total. The van der Waals surface area contributed by atoms with E-state index in [2.05, 4.69) is 12.1 Å². The number of hydrogen-bond acceptors (Lipinski definition) is 6. The summed E-state index contributed by atoms with van der Waals surface area (Å²) < 4.78 is 12.3. The molecule has 1 N–H and O–H groups in total. The van der Waals surface area contributed by atoms with Crippen molar-refractivity contribution in [2.24, 2.45) is 5.10 Å². The Morgan fingerprint density at radius 3 is 2.89 bits per heavy atom. The predicted molar refractivity (Wildman–Crippen MR) is 109 cm³/mol. The van der Waals surface area contributed by atoms with Gasteiger partial charge in [0.1, 0.15) is 5.75 Å². The first-order valence-electron chi connectivity index (χ1n) is 9.35. The smallest absolute Gasteiger partial charge is 0.223 e. The molecule has 0 aliphatic carbocycles. The van der Waals surface area contributed by atoms with Gasteiger partial charge in [-0.25, -0.2) is 5.01 Å². The van der Waals surface area contributed by atoms with E-state index in [9.17, 15) is 5.11 Å². The van der Waals surface area contributed by atoms with Gasteiger partial charge in [0.15, 0.2) is 11.5 Å². The van der Waals surface area contributed by atoms with Gasteiger partial charge in [0.05, 0.1) is 23.2 Å². The van der Waals surface area contributed by atoms with Crippen LogP contribution in [-0.4, -0.2) is 22.4 Å². The lowest BCUT2D eigenvalue weighted by atomic mass is 9.96. The van der Waals surface area contributed by atoms with Crippen LogP contribution in [0.5, 0.6) is 17.2 Å². The molecule has 0 fully saturated rings. The lowest BCUT2D eigenvalue weighted by Gasteiger charge is -2.38. The van der Waals surface area contributed by atoms with Crippen LogP contribution in [0.4, 0.5) is 0 Å². The van der Waals surface area contributed by atoms with E-state index in [0.717, 1.165) is 39.6 Å². The standard InChI is InChI=1S/C22H20N2O3S/c1-2-26-19-9-4-8-16-18-13-17(14-6-3-7-15(25)12-14)23-24(18)22(27-21(16)19)20-10-5-11-28-20/h3-12,18,22,25H,2,13H2,1H3/t18-,22+/m1/s1. The van der Waals surface area contributed by atoms with Gasteiger partial charge in [0.25, 0.3) is 0 Å². The maximum atomic E-state index is 9.88. The average molecular weight is 392 g/mol. The Morgan fingerprint density at radius 1 is 1.21 bits per heavy atom. The third kappa shape index (κ3) is 2.81. The predicted octanol–water partition coefficient (Wildman–Crippen LogP) is 5.09. The summed E-state index contributed by atoms with van der Waals surface area (Å²) in [6, 6.07) is 17.5. The van der Waals surface area contributed by atoms with Gasteiger partial charge in [-0.3, -0.25) is 0 Å². The van der Waals surface area contributed by atoms with Crippen LogP contribution in [0.25, 0.3) is 0 Å². The normalized spacial score (nSPS) is 20.2. The highest BCUT2D eigenvalue weighted by Gasteiger charge is 2.42. The number of phenols is 1. The first kappa shape index (κ1) is 17.1. The van der Waals surface area contributed by atoms with Crippen molar-refractivity contribution in [1.82, 2.24) is 5.01 Å². The van der Waals surface area contributed by atoms with E-state index in [1.54, 1.807) is 23.5 Å². The number of hydrogen-bond donors (Lipinski definition) is 1. The van der Waals surface area contributed by atoms with Crippen LogP contribution in [0, 0.1) is 0 Å². The summed E-state index contributed by atoms with van der Waals surface area (Å²) in [6.45, 7) is 2.56. The van der Waals surface area contributed by atoms with Crippen LogP contribution in [0.15, 0.2) is 65.1 Å². The molecule has 28 heavy (non-hydrogen) atoms. The van der Waals surface area contributed by atoms with E-state index in [-0.39, 0.29) is 18.0 Å². The molecule has 2 aliphatic heterocycles. The monoisotopic (exact) mass is 392 g/mol. The van der Waals surface area contributed by atoms with E-state index in [1.807, 2.05) is 47.6 Å². The quantitative estimate of drug-likeness (QED) is 0.672. The third-order valence-corrected chi connectivity index (χ3v) is 5.95. The lowest BCUT2D eigenvalue weighted by molar-refractivity contribution is -0.0188. The van der Waals surface area contributed by atoms with Gasteiger partial charge >= 0.3 is 0 Å². The minimum Gasteiger partial charge on any atom is -0.508 e. The number of thiophene rings is 1. The van der Waals surface area contributed by atoms with Crippen molar-refractivity contribution in [2.45, 2.75) is 25.6 Å². The highest BCUT2D eigenvalue weighted by Crippen LogP contribution is 2.51. The molecule has 0 unspecified atom stereocenters. The number of aromatic hydroxyl groups is 1. The fourth-order valence-electron chi connectivity index (χ4n) is 3.83. The zero-order chi connectivity index (χ0) is 19.1. The second-order valence-corrected chi connectivity index (χ2v) is 7.77. The highest BCUT2D eigenvalue weighted by molar-refractivity contribution is 7.10. The van der Waals surface area contributed by atoms with Gasteiger partial charge in [-0.1, -0.05) is 30.3 Å². The van der Waals surface area contributed by atoms with Crippen LogP contribution in [0.3, 0.4) is 0 Å². The molecule has 0 amide bonds. The minimum absolute atomic E-state index is 0.0635. The Bertz CT molecular complexity index is 1030. The van der Waals surface area contributed by atoms with E-state index >= 15 is 0 Å². The van der Waals surface area contributed by atoms with Gasteiger partial charge in [-0.05, 0) is 36.6 Å². The van der Waals surface area contributed by atoms with Gasteiger partial charge in [0.2, 0.25) is 6.23 Å². The average Bonchev–Trinajstić information content (AvgIpc) is 3.38. The molecule has 142 valence electrons. The fraction of sp³-hybridized carbons (Fsp3) is 0.227. The van der Waals surface area contributed by atoms with Crippen molar-refractivity contribution >= 4 is 17.0 Å². The van der Waals surface area contributed by atoms with Crippen molar-refractivity contribution in [2.75, 3.05) is 6.61 Å². The number of para-hydroxylation sites is 1. The van der Waals surface area contributed by atoms with Crippen LogP contribution in [0.1, 0.15) is 41.6 Å². The Balaban J connectivity index is 1.61. The number of nitrogens with zero attached hydrogens (tertiary/aromatic N) is 2. The molecular weight excluding hydrogens is 372 g/mol. The van der Waals surface area contributed by atoms with Gasteiger partial charge in [0, 0.05) is 17.5 Å². The first-order chi connectivity index (χ1) is 13.7. The molecule has 0 bridgehead atoms. The van der Waals surface area contributed by atoms with Crippen LogP contribution >= 0.6 is 11.3 Å². The molecule has 2 aliphatic rings. The number of hydrazone groups is 1. The number of rotatable bonds is 4. The van der Waals surface area contributed by atoms with Crippen molar-refractivity contribution in [3.63, 3.8) is 0 Å². The number of benzene rings is 2. The van der Waals surface area contributed by atoms with Crippen molar-refractivity contribution in [3.8, 4) is 17.2 Å². The summed E-state index contributed by atoms with van der Waals surface area (Å²) in [5.74, 6) is 1.82. The number of fused-ring (bicyclic) bond motifs is 3. The molecule has 0 saturated carbocycles. The molecule has 2 aromatic carbocycles. The molecule has 1 aromatic heterocycles. The van der Waals surface area contributed by atoms with Gasteiger partial charge in [-0.2, -0.15) is 5.10 Å². The van der Waals surface area contributed by atoms with Crippen molar-refractivity contribution in [1.29, 1.82) is 0 Å². The molecule has 0 spiro atoms. The zero-order valence-corrected chi connectivity index (χ0v) is 16.2. The van der Waals surface area contributed by atoms with Crippen molar-refractivity contribution < 1.29 is 14.6 Å². The Labute approximate surface area is 167 Å². The summed E-state index contributed by atoms with van der Waals surface area (Å²) in [6.07, 6.45) is 0.450. The lowest BCUT2D eigenvalue weighted by Crippen LogP contribution is -2.33. The van der Waals surface area contributed by atoms with E-state index < -0.39 is 0 Å².